The minimum atomic E-state index is -0.284. The van der Waals surface area contributed by atoms with E-state index in [-0.39, 0.29) is 11.6 Å². The van der Waals surface area contributed by atoms with E-state index >= 15 is 4.39 Å². The standard InChI is InChI=1S/C24H28F2/c1-2-16-3-5-17(6-4-16)19-9-13-23-20(15-19)10-14-22(24(23)26)18-7-11-21(25)12-8-18/h7-8,10-12,14,16-17,19H,2-6,9,13,15H2,1H3. The number of fused-ring (bicyclic) bond motifs is 1. The minimum Gasteiger partial charge on any atom is -0.207 e. The van der Waals surface area contributed by atoms with Gasteiger partial charge in [-0.15, -0.1) is 0 Å². The molecule has 1 unspecified atom stereocenters. The highest BCUT2D eigenvalue weighted by atomic mass is 19.1. The van der Waals surface area contributed by atoms with Crippen LogP contribution >= 0.6 is 0 Å². The highest BCUT2D eigenvalue weighted by Crippen LogP contribution is 2.41. The molecule has 138 valence electrons. The van der Waals surface area contributed by atoms with Crippen LogP contribution in [0.25, 0.3) is 11.1 Å². The second kappa shape index (κ2) is 7.50. The van der Waals surface area contributed by atoms with Crippen LogP contribution in [0.1, 0.15) is 56.6 Å². The molecule has 1 saturated carbocycles. The summed E-state index contributed by atoms with van der Waals surface area (Å²) >= 11 is 0. The third kappa shape index (κ3) is 3.43. The van der Waals surface area contributed by atoms with E-state index in [9.17, 15) is 4.39 Å². The third-order valence-electron chi connectivity index (χ3n) is 6.88. The second-order valence-electron chi connectivity index (χ2n) is 8.26. The number of benzene rings is 2. The lowest BCUT2D eigenvalue weighted by Crippen LogP contribution is -2.27. The zero-order valence-electron chi connectivity index (χ0n) is 15.6. The van der Waals surface area contributed by atoms with Gasteiger partial charge in [0.2, 0.25) is 0 Å². The SMILES string of the molecule is CCC1CCC(C2CCc3c(ccc(-c4ccc(F)cc4)c3F)C2)CC1. The van der Waals surface area contributed by atoms with Crippen molar-refractivity contribution in [3.63, 3.8) is 0 Å². The highest BCUT2D eigenvalue weighted by molar-refractivity contribution is 5.66. The Morgan fingerprint density at radius 1 is 0.846 bits per heavy atom. The molecule has 0 amide bonds. The fraction of sp³-hybridized carbons (Fsp3) is 0.500. The summed E-state index contributed by atoms with van der Waals surface area (Å²) in [4.78, 5) is 0. The van der Waals surface area contributed by atoms with Crippen LogP contribution in [-0.4, -0.2) is 0 Å². The average Bonchev–Trinajstić information content (AvgIpc) is 2.69. The normalized spacial score (nSPS) is 25.7. The van der Waals surface area contributed by atoms with E-state index in [4.69, 9.17) is 0 Å². The lowest BCUT2D eigenvalue weighted by molar-refractivity contribution is 0.186. The van der Waals surface area contributed by atoms with Crippen LogP contribution in [0.4, 0.5) is 8.78 Å². The van der Waals surface area contributed by atoms with Crippen molar-refractivity contribution in [2.24, 2.45) is 17.8 Å². The first-order valence-electron chi connectivity index (χ1n) is 10.2. The Kier molecular flexibility index (Phi) is 5.11. The van der Waals surface area contributed by atoms with Crippen molar-refractivity contribution in [1.29, 1.82) is 0 Å². The summed E-state index contributed by atoms with van der Waals surface area (Å²) in [5.41, 5.74) is 3.45. The van der Waals surface area contributed by atoms with E-state index < -0.39 is 0 Å². The zero-order valence-corrected chi connectivity index (χ0v) is 15.6. The summed E-state index contributed by atoms with van der Waals surface area (Å²) in [6.45, 7) is 2.31. The Labute approximate surface area is 155 Å². The molecule has 0 saturated heterocycles. The van der Waals surface area contributed by atoms with Gasteiger partial charge in [-0.25, -0.2) is 8.78 Å². The summed E-state index contributed by atoms with van der Waals surface area (Å²) in [6, 6.07) is 10.1. The van der Waals surface area contributed by atoms with Gasteiger partial charge in [0.15, 0.2) is 0 Å². The second-order valence-corrected chi connectivity index (χ2v) is 8.26. The van der Waals surface area contributed by atoms with Crippen molar-refractivity contribution in [1.82, 2.24) is 0 Å². The lowest BCUT2D eigenvalue weighted by atomic mass is 9.69. The molecular formula is C24H28F2. The summed E-state index contributed by atoms with van der Waals surface area (Å²) in [5.74, 6) is 2.09. The minimum absolute atomic E-state index is 0.0951. The van der Waals surface area contributed by atoms with Crippen LogP contribution in [-0.2, 0) is 12.8 Å². The van der Waals surface area contributed by atoms with E-state index in [0.717, 1.165) is 48.1 Å². The highest BCUT2D eigenvalue weighted by Gasteiger charge is 2.31. The first-order chi connectivity index (χ1) is 12.7. The Balaban J connectivity index is 1.52. The van der Waals surface area contributed by atoms with Crippen molar-refractivity contribution in [3.8, 4) is 11.1 Å². The van der Waals surface area contributed by atoms with E-state index in [0.29, 0.717) is 5.56 Å². The summed E-state index contributed by atoms with van der Waals surface area (Å²) in [6.07, 6.45) is 9.76. The molecule has 0 N–H and O–H groups in total. The Hall–Kier alpha value is -1.70. The summed E-state index contributed by atoms with van der Waals surface area (Å²) < 4.78 is 28.3. The van der Waals surface area contributed by atoms with Crippen molar-refractivity contribution in [2.75, 3.05) is 0 Å². The molecule has 2 aliphatic carbocycles. The molecule has 0 aromatic heterocycles. The van der Waals surface area contributed by atoms with E-state index in [1.165, 1.54) is 49.8 Å². The topological polar surface area (TPSA) is 0 Å². The van der Waals surface area contributed by atoms with Crippen molar-refractivity contribution < 1.29 is 8.78 Å². The number of rotatable bonds is 3. The Morgan fingerprint density at radius 2 is 1.58 bits per heavy atom. The average molecular weight is 354 g/mol. The van der Waals surface area contributed by atoms with Crippen LogP contribution in [0.15, 0.2) is 36.4 Å². The van der Waals surface area contributed by atoms with Gasteiger partial charge in [0.05, 0.1) is 0 Å². The monoisotopic (exact) mass is 354 g/mol. The molecular weight excluding hydrogens is 326 g/mol. The first-order valence-corrected chi connectivity index (χ1v) is 10.2. The smallest absolute Gasteiger partial charge is 0.134 e. The fourth-order valence-electron chi connectivity index (χ4n) is 5.16. The quantitative estimate of drug-likeness (QED) is 0.559. The molecule has 0 bridgehead atoms. The zero-order chi connectivity index (χ0) is 18.1. The molecule has 2 aliphatic rings. The van der Waals surface area contributed by atoms with Crippen LogP contribution in [0.5, 0.6) is 0 Å². The molecule has 0 radical (unpaired) electrons. The van der Waals surface area contributed by atoms with Gasteiger partial charge in [-0.2, -0.15) is 0 Å². The summed E-state index contributed by atoms with van der Waals surface area (Å²) in [5, 5.41) is 0. The first kappa shape index (κ1) is 17.7. The van der Waals surface area contributed by atoms with Crippen LogP contribution in [0.3, 0.4) is 0 Å². The molecule has 0 nitrogen and oxygen atoms in total. The largest absolute Gasteiger partial charge is 0.207 e. The maximum absolute atomic E-state index is 15.1. The maximum atomic E-state index is 15.1. The fourth-order valence-corrected chi connectivity index (χ4v) is 5.16. The van der Waals surface area contributed by atoms with Crippen molar-refractivity contribution in [2.45, 2.75) is 58.3 Å². The van der Waals surface area contributed by atoms with Crippen LogP contribution < -0.4 is 0 Å². The molecule has 1 fully saturated rings. The molecule has 2 aromatic rings. The van der Waals surface area contributed by atoms with Gasteiger partial charge in [-0.3, -0.25) is 0 Å². The van der Waals surface area contributed by atoms with Gasteiger partial charge < -0.3 is 0 Å². The molecule has 2 aromatic carbocycles. The molecule has 0 spiro atoms. The third-order valence-corrected chi connectivity index (χ3v) is 6.88. The van der Waals surface area contributed by atoms with Gasteiger partial charge in [0, 0.05) is 5.56 Å². The molecule has 2 heteroatoms. The van der Waals surface area contributed by atoms with Crippen LogP contribution in [0.2, 0.25) is 0 Å². The van der Waals surface area contributed by atoms with Gasteiger partial charge in [0.1, 0.15) is 11.6 Å². The predicted molar refractivity (Wildman–Crippen MR) is 103 cm³/mol. The van der Waals surface area contributed by atoms with Gasteiger partial charge in [-0.05, 0) is 78.7 Å². The van der Waals surface area contributed by atoms with Gasteiger partial charge in [-0.1, -0.05) is 50.5 Å². The van der Waals surface area contributed by atoms with E-state index in [2.05, 4.69) is 13.0 Å². The van der Waals surface area contributed by atoms with Crippen molar-refractivity contribution in [3.05, 3.63) is 59.2 Å². The predicted octanol–water partition coefficient (Wildman–Crippen LogP) is 6.95. The molecule has 4 rings (SSSR count). The number of hydrogen-bond acceptors (Lipinski definition) is 0. The Morgan fingerprint density at radius 3 is 2.27 bits per heavy atom. The van der Waals surface area contributed by atoms with Crippen LogP contribution in [0, 0.1) is 29.4 Å². The molecule has 0 heterocycles. The molecule has 0 aliphatic heterocycles. The summed E-state index contributed by atoms with van der Waals surface area (Å²) in [7, 11) is 0. The lowest BCUT2D eigenvalue weighted by Gasteiger charge is -2.36. The van der Waals surface area contributed by atoms with Gasteiger partial charge in [0.25, 0.3) is 0 Å². The maximum Gasteiger partial charge on any atom is 0.134 e. The Bertz CT molecular complexity index is 755. The molecule has 1 atom stereocenters. The van der Waals surface area contributed by atoms with E-state index in [1.807, 2.05) is 6.07 Å². The van der Waals surface area contributed by atoms with Crippen molar-refractivity contribution >= 4 is 0 Å². The van der Waals surface area contributed by atoms with Gasteiger partial charge >= 0.3 is 0 Å². The van der Waals surface area contributed by atoms with E-state index in [1.54, 1.807) is 12.1 Å². The number of hydrogen-bond donors (Lipinski definition) is 0. The number of halogens is 2. The molecule has 26 heavy (non-hydrogen) atoms.